The van der Waals surface area contributed by atoms with E-state index in [4.69, 9.17) is 14.2 Å². The van der Waals surface area contributed by atoms with Crippen molar-refractivity contribution in [3.63, 3.8) is 0 Å². The molecule has 0 aliphatic rings. The van der Waals surface area contributed by atoms with Gasteiger partial charge in [-0.15, -0.1) is 0 Å². The van der Waals surface area contributed by atoms with Crippen LogP contribution in [0.15, 0.2) is 48.6 Å². The highest BCUT2D eigenvalue weighted by molar-refractivity contribution is 5.71. The van der Waals surface area contributed by atoms with Crippen LogP contribution in [0.5, 0.6) is 0 Å². The van der Waals surface area contributed by atoms with Gasteiger partial charge in [-0.25, -0.2) is 0 Å². The van der Waals surface area contributed by atoms with E-state index in [9.17, 15) is 14.4 Å². The Morgan fingerprint density at radius 1 is 0.356 bits per heavy atom. The van der Waals surface area contributed by atoms with Crippen LogP contribution in [0.25, 0.3) is 0 Å². The van der Waals surface area contributed by atoms with Crippen LogP contribution in [0.1, 0.15) is 252 Å². The molecule has 0 N–H and O–H groups in total. The monoisotopic (exact) mass is 827 g/mol. The molecule has 0 saturated carbocycles. The molecule has 0 heterocycles. The van der Waals surface area contributed by atoms with E-state index in [0.717, 1.165) is 103 Å². The Morgan fingerprint density at radius 2 is 0.678 bits per heavy atom. The van der Waals surface area contributed by atoms with Gasteiger partial charge in [-0.1, -0.05) is 211 Å². The average molecular weight is 827 g/mol. The summed E-state index contributed by atoms with van der Waals surface area (Å²) in [6, 6.07) is 0. The molecule has 59 heavy (non-hydrogen) atoms. The molecule has 0 aliphatic heterocycles. The highest BCUT2D eigenvalue weighted by atomic mass is 16.6. The number of hydrogen-bond donors (Lipinski definition) is 0. The van der Waals surface area contributed by atoms with Crippen LogP contribution in [0.2, 0.25) is 0 Å². The fourth-order valence-electron chi connectivity index (χ4n) is 7.03. The Kier molecular flexibility index (Phi) is 45.9. The summed E-state index contributed by atoms with van der Waals surface area (Å²) in [6.45, 7) is 6.48. The van der Waals surface area contributed by atoms with Crippen molar-refractivity contribution in [1.82, 2.24) is 0 Å². The summed E-state index contributed by atoms with van der Waals surface area (Å²) >= 11 is 0. The third kappa shape index (κ3) is 46.3. The molecule has 0 bridgehead atoms. The zero-order valence-electron chi connectivity index (χ0n) is 39.0. The number of carbonyl (C=O) groups is 3. The van der Waals surface area contributed by atoms with Gasteiger partial charge in [0.2, 0.25) is 0 Å². The van der Waals surface area contributed by atoms with Crippen LogP contribution < -0.4 is 0 Å². The number of unbranched alkanes of at least 4 members (excludes halogenated alkanes) is 26. The maximum atomic E-state index is 12.8. The maximum Gasteiger partial charge on any atom is 0.306 e. The normalized spacial score (nSPS) is 12.4. The van der Waals surface area contributed by atoms with Gasteiger partial charge in [-0.05, 0) is 70.6 Å². The molecule has 342 valence electrons. The number of allylic oxidation sites excluding steroid dienone is 8. The molecular weight excluding hydrogens is 733 g/mol. The third-order valence-electron chi connectivity index (χ3n) is 10.8. The summed E-state index contributed by atoms with van der Waals surface area (Å²) < 4.78 is 16.8. The van der Waals surface area contributed by atoms with Crippen molar-refractivity contribution >= 4 is 17.9 Å². The standard InChI is InChI=1S/C53H94O6/c1-4-7-10-13-16-19-22-24-26-28-31-34-37-40-43-46-52(55)58-49-50(48-57-51(54)45-42-39-36-33-30-21-18-15-12-9-6-3)59-53(56)47-44-41-38-35-32-29-27-25-23-20-17-14-11-8-5-2/h8,11,15,17-18,20,25,27,50H,4-7,9-10,12-14,16,19,21-24,26,28-49H2,1-3H3/b11-8-,18-15-,20-17-,27-25-/t50-/m1/s1. The van der Waals surface area contributed by atoms with Crippen molar-refractivity contribution in [1.29, 1.82) is 0 Å². The highest BCUT2D eigenvalue weighted by Crippen LogP contribution is 2.15. The molecule has 0 rings (SSSR count). The Hall–Kier alpha value is -2.63. The van der Waals surface area contributed by atoms with E-state index < -0.39 is 6.10 Å². The summed E-state index contributed by atoms with van der Waals surface area (Å²) in [7, 11) is 0. The molecule has 0 radical (unpaired) electrons. The SMILES string of the molecule is CC/C=C\C/C=C\C/C=C\CCCCCCCC(=O)O[C@H](COC(=O)CCCCCCC/C=C\CCCC)COC(=O)CCCCCCCCCCCCCCCCC. The third-order valence-corrected chi connectivity index (χ3v) is 10.8. The van der Waals surface area contributed by atoms with Crippen LogP contribution in [-0.2, 0) is 28.6 Å². The zero-order valence-corrected chi connectivity index (χ0v) is 39.0. The Bertz CT molecular complexity index is 1040. The minimum Gasteiger partial charge on any atom is -0.462 e. The van der Waals surface area contributed by atoms with Gasteiger partial charge in [0.1, 0.15) is 13.2 Å². The molecule has 0 aliphatic carbocycles. The van der Waals surface area contributed by atoms with Crippen molar-refractivity contribution < 1.29 is 28.6 Å². The molecule has 1 atom stereocenters. The van der Waals surface area contributed by atoms with Crippen LogP contribution in [0, 0.1) is 0 Å². The second-order valence-corrected chi connectivity index (χ2v) is 16.7. The van der Waals surface area contributed by atoms with Gasteiger partial charge in [-0.2, -0.15) is 0 Å². The lowest BCUT2D eigenvalue weighted by Crippen LogP contribution is -2.30. The molecule has 6 heteroatoms. The first-order chi connectivity index (χ1) is 29.0. The van der Waals surface area contributed by atoms with Crippen LogP contribution in [0.4, 0.5) is 0 Å². The predicted molar refractivity (Wildman–Crippen MR) is 252 cm³/mol. The summed E-state index contributed by atoms with van der Waals surface area (Å²) in [5.74, 6) is -0.902. The fraction of sp³-hybridized carbons (Fsp3) is 0.792. The minimum absolute atomic E-state index is 0.0807. The lowest BCUT2D eigenvalue weighted by atomic mass is 10.0. The number of esters is 3. The zero-order chi connectivity index (χ0) is 43.0. The maximum absolute atomic E-state index is 12.8. The number of rotatable bonds is 45. The molecule has 0 aromatic carbocycles. The second kappa shape index (κ2) is 48.0. The van der Waals surface area contributed by atoms with Crippen molar-refractivity contribution in [2.75, 3.05) is 13.2 Å². The summed E-state index contributed by atoms with van der Waals surface area (Å²) in [5, 5.41) is 0. The summed E-state index contributed by atoms with van der Waals surface area (Å²) in [4.78, 5) is 37.9. The Balaban J connectivity index is 4.38. The van der Waals surface area contributed by atoms with E-state index in [2.05, 4.69) is 69.4 Å². The van der Waals surface area contributed by atoms with E-state index >= 15 is 0 Å². The smallest absolute Gasteiger partial charge is 0.306 e. The van der Waals surface area contributed by atoms with Crippen molar-refractivity contribution in [3.05, 3.63) is 48.6 Å². The molecular formula is C53H94O6. The first-order valence-corrected chi connectivity index (χ1v) is 25.1. The lowest BCUT2D eigenvalue weighted by Gasteiger charge is -2.18. The van der Waals surface area contributed by atoms with Gasteiger partial charge >= 0.3 is 17.9 Å². The molecule has 0 aromatic heterocycles. The molecule has 0 unspecified atom stereocenters. The molecule has 0 saturated heterocycles. The van der Waals surface area contributed by atoms with Crippen molar-refractivity contribution in [2.24, 2.45) is 0 Å². The van der Waals surface area contributed by atoms with Crippen molar-refractivity contribution in [2.45, 2.75) is 258 Å². The van der Waals surface area contributed by atoms with Crippen molar-refractivity contribution in [3.8, 4) is 0 Å². The minimum atomic E-state index is -0.781. The number of ether oxygens (including phenoxy) is 3. The van der Waals surface area contributed by atoms with E-state index in [-0.39, 0.29) is 31.1 Å². The number of hydrogen-bond acceptors (Lipinski definition) is 6. The predicted octanol–water partition coefficient (Wildman–Crippen LogP) is 16.3. The fourth-order valence-corrected chi connectivity index (χ4v) is 7.03. The molecule has 0 amide bonds. The molecule has 0 aromatic rings. The van der Waals surface area contributed by atoms with E-state index in [1.54, 1.807) is 0 Å². The first kappa shape index (κ1) is 56.4. The average Bonchev–Trinajstić information content (AvgIpc) is 3.23. The summed E-state index contributed by atoms with van der Waals surface area (Å²) in [6.07, 6.45) is 56.6. The first-order valence-electron chi connectivity index (χ1n) is 25.1. The number of carbonyl (C=O) groups excluding carboxylic acids is 3. The molecule has 6 nitrogen and oxygen atoms in total. The van der Waals surface area contributed by atoms with E-state index in [1.165, 1.54) is 109 Å². The van der Waals surface area contributed by atoms with Crippen LogP contribution in [-0.4, -0.2) is 37.2 Å². The lowest BCUT2D eigenvalue weighted by molar-refractivity contribution is -0.167. The summed E-state index contributed by atoms with van der Waals surface area (Å²) in [5.41, 5.74) is 0. The van der Waals surface area contributed by atoms with Gasteiger partial charge in [0.15, 0.2) is 6.10 Å². The van der Waals surface area contributed by atoms with Gasteiger partial charge in [-0.3, -0.25) is 14.4 Å². The van der Waals surface area contributed by atoms with Gasteiger partial charge in [0.25, 0.3) is 0 Å². The molecule has 0 fully saturated rings. The van der Waals surface area contributed by atoms with Crippen LogP contribution in [0.3, 0.4) is 0 Å². The Labute approximate surface area is 365 Å². The van der Waals surface area contributed by atoms with Gasteiger partial charge < -0.3 is 14.2 Å². The van der Waals surface area contributed by atoms with Crippen LogP contribution >= 0.6 is 0 Å². The van der Waals surface area contributed by atoms with E-state index in [1.807, 2.05) is 0 Å². The largest absolute Gasteiger partial charge is 0.462 e. The topological polar surface area (TPSA) is 78.9 Å². The quantitative estimate of drug-likeness (QED) is 0.0263. The van der Waals surface area contributed by atoms with Gasteiger partial charge in [0.05, 0.1) is 0 Å². The van der Waals surface area contributed by atoms with Gasteiger partial charge in [0, 0.05) is 19.3 Å². The molecule has 0 spiro atoms. The highest BCUT2D eigenvalue weighted by Gasteiger charge is 2.19. The van der Waals surface area contributed by atoms with E-state index in [0.29, 0.717) is 19.3 Å². The second-order valence-electron chi connectivity index (χ2n) is 16.7. The Morgan fingerprint density at radius 3 is 1.10 bits per heavy atom.